The summed E-state index contributed by atoms with van der Waals surface area (Å²) in [6, 6.07) is 66.5. The number of hydrazine groups is 1. The number of anilines is 2. The molecule has 4 aliphatic rings. The van der Waals surface area contributed by atoms with Crippen LogP contribution in [0.2, 0.25) is 0 Å². The summed E-state index contributed by atoms with van der Waals surface area (Å²) in [5.74, 6) is 2.77. The Bertz CT molecular complexity index is 4950. The minimum atomic E-state index is -0.956. The van der Waals surface area contributed by atoms with Gasteiger partial charge in [-0.05, 0) is 180 Å². The number of aryl methyl sites for hydroxylation is 2. The third kappa shape index (κ3) is 26.7. The van der Waals surface area contributed by atoms with Crippen molar-refractivity contribution in [2.24, 2.45) is 5.84 Å². The molecule has 3 aromatic heterocycles. The summed E-state index contributed by atoms with van der Waals surface area (Å²) in [6.45, 7) is 11.5. The molecule has 3 fully saturated rings. The molecule has 584 valence electrons. The average molecular weight is 1550 g/mol. The lowest BCUT2D eigenvalue weighted by atomic mass is 9.95. The van der Waals surface area contributed by atoms with Gasteiger partial charge in [0, 0.05) is 161 Å². The molecule has 2 saturated heterocycles. The molecule has 0 spiro atoms. The number of hydrogen-bond acceptors (Lipinski definition) is 13. The smallest absolute Gasteiger partial charge is 0.335 e. The van der Waals surface area contributed by atoms with Crippen LogP contribution in [0.1, 0.15) is 126 Å². The number of carboxylic acids is 4. The van der Waals surface area contributed by atoms with E-state index in [0.29, 0.717) is 28.3 Å². The fraction of sp³-hybridized carbons (Fsp3) is 0.295. The van der Waals surface area contributed by atoms with Crippen molar-refractivity contribution in [3.8, 4) is 0 Å². The SMILES string of the molecule is CN(C)CCCCl.Cl.NNc1cccc(C(=O)O)c1.Nc1cccc(C(=O)O)c1.O=C(O)c1ccc2c(c1)[nH]c1ccccc12.O=C(O)c1ccc2c3c([nH]c2c1)CCCC3.O=C(c1ccc2c(c1)[nH]c1ccccc12)N1CCN(CCc2ccccc2)CC1.O=C1CCCCC1.c1ccc(CCN2CCNCC2)cc1. The topological polar surface area (TPSA) is 320 Å². The van der Waals surface area contributed by atoms with Gasteiger partial charge < -0.3 is 66.6 Å². The van der Waals surface area contributed by atoms with Gasteiger partial charge in [0.2, 0.25) is 0 Å². The maximum atomic E-state index is 13.0. The summed E-state index contributed by atoms with van der Waals surface area (Å²) in [7, 11) is 4.10. The lowest BCUT2D eigenvalue weighted by Crippen LogP contribution is -2.49. The molecule has 0 bridgehead atoms. The zero-order chi connectivity index (χ0) is 78.2. The highest BCUT2D eigenvalue weighted by molar-refractivity contribution is 6.17. The van der Waals surface area contributed by atoms with Gasteiger partial charge in [-0.1, -0.05) is 134 Å². The molecule has 0 unspecified atom stereocenters. The van der Waals surface area contributed by atoms with Crippen molar-refractivity contribution in [1.29, 1.82) is 0 Å². The number of hydrogen-bond donors (Lipinski definition) is 11. The van der Waals surface area contributed by atoms with Gasteiger partial charge in [0.15, 0.2) is 0 Å². The molecular formula is C88H103Cl2N11O10. The first-order chi connectivity index (χ1) is 53.3. The fourth-order valence-corrected chi connectivity index (χ4v) is 13.5. The molecule has 0 atom stereocenters. The molecule has 9 aromatic carbocycles. The van der Waals surface area contributed by atoms with E-state index in [1.807, 2.05) is 79.7 Å². The Labute approximate surface area is 659 Å². The molecule has 1 amide bonds. The molecule has 111 heavy (non-hydrogen) atoms. The predicted octanol–water partition coefficient (Wildman–Crippen LogP) is 16.0. The first-order valence-corrected chi connectivity index (χ1v) is 38.1. The largest absolute Gasteiger partial charge is 0.478 e. The zero-order valence-corrected chi connectivity index (χ0v) is 64.7. The number of alkyl halides is 1. The van der Waals surface area contributed by atoms with Crippen LogP contribution in [0.15, 0.2) is 212 Å². The summed E-state index contributed by atoms with van der Waals surface area (Å²) in [5, 5.41) is 43.9. The number of ketones is 1. The van der Waals surface area contributed by atoms with E-state index < -0.39 is 23.9 Å². The monoisotopic (exact) mass is 1540 g/mol. The number of nitrogens with zero attached hydrogens (tertiary/aromatic N) is 4. The zero-order valence-electron chi connectivity index (χ0n) is 63.1. The number of carboxylic acid groups (broad SMARTS) is 4. The lowest BCUT2D eigenvalue weighted by molar-refractivity contribution is -0.120. The number of rotatable bonds is 15. The minimum Gasteiger partial charge on any atom is -0.478 e. The Kier molecular flexibility index (Phi) is 34.5. The number of aromatic amines is 3. The number of nitrogens with one attached hydrogen (secondary N) is 5. The van der Waals surface area contributed by atoms with Gasteiger partial charge in [-0.15, -0.1) is 24.0 Å². The first-order valence-electron chi connectivity index (χ1n) is 37.6. The summed E-state index contributed by atoms with van der Waals surface area (Å²) in [5.41, 5.74) is 21.1. The lowest BCUT2D eigenvalue weighted by Gasteiger charge is -2.34. The molecule has 2 aliphatic heterocycles. The van der Waals surface area contributed by atoms with Crippen LogP contribution in [0.3, 0.4) is 0 Å². The van der Waals surface area contributed by atoms with Gasteiger partial charge in [-0.3, -0.25) is 20.3 Å². The number of nitrogens with two attached hydrogens (primary N) is 2. The number of fused-ring (bicyclic) bond motifs is 9. The first kappa shape index (κ1) is 85.7. The van der Waals surface area contributed by atoms with E-state index in [0.717, 1.165) is 154 Å². The molecule has 1 saturated carbocycles. The summed E-state index contributed by atoms with van der Waals surface area (Å²) in [6.07, 6.45) is 13.2. The number of carbonyl (C=O) groups excluding carboxylic acids is 2. The van der Waals surface area contributed by atoms with Gasteiger partial charge in [0.1, 0.15) is 5.78 Å². The van der Waals surface area contributed by atoms with Gasteiger partial charge in [-0.25, -0.2) is 19.2 Å². The van der Waals surface area contributed by atoms with E-state index in [4.69, 9.17) is 43.6 Å². The number of carbonyl (C=O) groups is 6. The number of H-pyrrole nitrogens is 3. The van der Waals surface area contributed by atoms with E-state index in [-0.39, 0.29) is 29.4 Å². The molecule has 21 nitrogen and oxygen atoms in total. The molecule has 12 aromatic rings. The average Bonchev–Trinajstić information content (AvgIpc) is 1.66. The van der Waals surface area contributed by atoms with Gasteiger partial charge in [0.25, 0.3) is 5.91 Å². The Balaban J connectivity index is 0.000000167. The van der Waals surface area contributed by atoms with Crippen molar-refractivity contribution >= 4 is 125 Å². The van der Waals surface area contributed by atoms with E-state index in [2.05, 4.69) is 119 Å². The van der Waals surface area contributed by atoms with Crippen molar-refractivity contribution in [3.63, 3.8) is 0 Å². The van der Waals surface area contributed by atoms with Crippen LogP contribution in [0.5, 0.6) is 0 Å². The molecule has 2 aliphatic carbocycles. The van der Waals surface area contributed by atoms with Crippen LogP contribution in [0.4, 0.5) is 11.4 Å². The number of piperazine rings is 2. The Hall–Kier alpha value is -10.9. The van der Waals surface area contributed by atoms with E-state index >= 15 is 0 Å². The molecule has 16 rings (SSSR count). The normalized spacial score (nSPS) is 13.8. The quantitative estimate of drug-likeness (QED) is 0.0197. The third-order valence-corrected chi connectivity index (χ3v) is 19.7. The van der Waals surface area contributed by atoms with E-state index in [1.165, 1.54) is 108 Å². The molecule has 5 heterocycles. The number of benzene rings is 9. The minimum absolute atomic E-state index is 0. The fourth-order valence-electron chi connectivity index (χ4n) is 13.4. The summed E-state index contributed by atoms with van der Waals surface area (Å²) < 4.78 is 0. The van der Waals surface area contributed by atoms with E-state index in [9.17, 15) is 28.8 Å². The maximum absolute atomic E-state index is 13.0. The van der Waals surface area contributed by atoms with Gasteiger partial charge in [0.05, 0.1) is 22.3 Å². The molecule has 13 N–H and O–H groups in total. The number of amides is 1. The molecule has 23 heteroatoms. The van der Waals surface area contributed by atoms with Crippen molar-refractivity contribution < 1.29 is 49.2 Å². The second-order valence-corrected chi connectivity index (χ2v) is 28.0. The van der Waals surface area contributed by atoms with Crippen LogP contribution >= 0.6 is 24.0 Å². The second-order valence-electron chi connectivity index (χ2n) is 27.6. The van der Waals surface area contributed by atoms with Crippen molar-refractivity contribution in [3.05, 3.63) is 263 Å². The number of para-hydroxylation sites is 2. The maximum Gasteiger partial charge on any atom is 0.335 e. The highest BCUT2D eigenvalue weighted by atomic mass is 35.5. The predicted molar refractivity (Wildman–Crippen MR) is 451 cm³/mol. The van der Waals surface area contributed by atoms with Crippen LogP contribution in [0, 0.1) is 0 Å². The number of Topliss-reactive ketones (excluding diaryl/α,β-unsaturated/α-hetero) is 1. The van der Waals surface area contributed by atoms with Gasteiger partial charge in [-0.2, -0.15) is 0 Å². The van der Waals surface area contributed by atoms with Crippen LogP contribution in [-0.4, -0.2) is 183 Å². The summed E-state index contributed by atoms with van der Waals surface area (Å²) >= 11 is 5.42. The number of aromatic carboxylic acids is 4. The Morgan fingerprint density at radius 2 is 0.901 bits per heavy atom. The Morgan fingerprint density at radius 3 is 1.38 bits per heavy atom. The van der Waals surface area contributed by atoms with Crippen LogP contribution in [-0.2, 0) is 30.5 Å². The van der Waals surface area contributed by atoms with Crippen molar-refractivity contribution in [2.75, 3.05) is 103 Å². The highest BCUT2D eigenvalue weighted by Gasteiger charge is 2.23. The van der Waals surface area contributed by atoms with Crippen molar-refractivity contribution in [1.82, 2.24) is 39.9 Å². The number of nitrogen functional groups attached to an aromatic ring is 2. The van der Waals surface area contributed by atoms with Crippen LogP contribution in [0.25, 0.3) is 54.5 Å². The van der Waals surface area contributed by atoms with Gasteiger partial charge >= 0.3 is 23.9 Å². The number of aromatic nitrogens is 3. The molecule has 0 radical (unpaired) electrons. The van der Waals surface area contributed by atoms with Crippen molar-refractivity contribution in [2.45, 2.75) is 77.0 Å². The standard InChI is InChI=1S/C25H25N3O.C13H13NO2.C13H9NO2.C12H18N2.C7H8N2O2.C7H7NO2.C6H10O.C5H12ClN.ClH/c29-25(20-10-11-22-21-8-4-5-9-23(21)26-24(22)18-20)28-16-14-27(15-17-28)13-12-19-6-2-1-3-7-19;2*15-13(16)8-5-6-10-9-3-1-2-4-11(9)14-12(10)7-8;1-2-4-12(5-3-1)6-9-14-10-7-13-8-11-14;8-9-6-3-1-2-5(4-6)7(10)11;8-6-3-1-2-5(4-6)7(9)10;7-6-4-2-1-3-5-6;1-7(2)5-3-4-6;/h1-11,18,26H,12-17H2;5-7,14H,1-4H2,(H,15,16);1-7,14H,(H,15,16);1-5,13H,6-11H2;1-4,9H,8H2,(H,10,11);1-4H,8H2,(H,9,10);1-5H2;3-5H2,1-2H3;1H. The second kappa shape index (κ2) is 44.7. The summed E-state index contributed by atoms with van der Waals surface area (Å²) in [4.78, 5) is 85.0. The van der Waals surface area contributed by atoms with Crippen LogP contribution < -0.4 is 22.3 Å². The Morgan fingerprint density at radius 1 is 0.459 bits per heavy atom. The highest BCUT2D eigenvalue weighted by Crippen LogP contribution is 2.31. The third-order valence-electron chi connectivity index (χ3n) is 19.4. The van der Waals surface area contributed by atoms with E-state index in [1.54, 1.807) is 48.5 Å². The number of halogens is 2. The molecular weight excluding hydrogens is 1440 g/mol.